The number of aryl methyl sites for hydroxylation is 2. The van der Waals surface area contributed by atoms with Gasteiger partial charge in [-0.25, -0.2) is 0 Å². The minimum absolute atomic E-state index is 0.263. The Morgan fingerprint density at radius 3 is 2.68 bits per heavy atom. The lowest BCUT2D eigenvalue weighted by Gasteiger charge is -2.17. The number of likely N-dealkylation sites (N-methyl/N-ethyl adjacent to an activating group) is 1. The number of hydrogen-bond donors (Lipinski definition) is 1. The molecule has 0 aliphatic rings. The van der Waals surface area contributed by atoms with Crippen molar-refractivity contribution < 1.29 is 4.74 Å². The summed E-state index contributed by atoms with van der Waals surface area (Å²) in [5.41, 5.74) is 3.50. The van der Waals surface area contributed by atoms with E-state index in [1.54, 1.807) is 7.11 Å². The van der Waals surface area contributed by atoms with Crippen molar-refractivity contribution in [2.24, 2.45) is 7.05 Å². The third-order valence-corrected chi connectivity index (χ3v) is 3.35. The smallest absolute Gasteiger partial charge is 0.121 e. The molecule has 1 unspecified atom stereocenters. The van der Waals surface area contributed by atoms with E-state index in [1.165, 1.54) is 5.56 Å². The van der Waals surface area contributed by atoms with E-state index in [1.807, 2.05) is 31.0 Å². The zero-order valence-electron chi connectivity index (χ0n) is 12.0. The zero-order chi connectivity index (χ0) is 13.8. The fraction of sp³-hybridized carbons (Fsp3) is 0.400. The van der Waals surface area contributed by atoms with E-state index in [0.717, 1.165) is 23.4 Å². The van der Waals surface area contributed by atoms with Crippen LogP contribution in [0.4, 0.5) is 0 Å². The van der Waals surface area contributed by atoms with Crippen LogP contribution in [0.15, 0.2) is 30.5 Å². The zero-order valence-corrected chi connectivity index (χ0v) is 12.0. The predicted octanol–water partition coefficient (Wildman–Crippen LogP) is 2.24. The minimum Gasteiger partial charge on any atom is -0.496 e. The van der Waals surface area contributed by atoms with Gasteiger partial charge in [-0.3, -0.25) is 4.68 Å². The molecule has 1 N–H and O–H groups in total. The van der Waals surface area contributed by atoms with Crippen molar-refractivity contribution in [2.45, 2.75) is 19.4 Å². The first-order valence-electron chi connectivity index (χ1n) is 6.44. The molecule has 0 bridgehead atoms. The van der Waals surface area contributed by atoms with Crippen molar-refractivity contribution in [2.75, 3.05) is 14.2 Å². The number of hydrogen-bond acceptors (Lipinski definition) is 3. The lowest BCUT2D eigenvalue weighted by atomic mass is 10.00. The summed E-state index contributed by atoms with van der Waals surface area (Å²) in [7, 11) is 5.62. The van der Waals surface area contributed by atoms with Gasteiger partial charge in [-0.05, 0) is 37.2 Å². The highest BCUT2D eigenvalue weighted by Crippen LogP contribution is 2.24. The molecule has 0 aliphatic carbocycles. The molecular weight excluding hydrogens is 238 g/mol. The normalized spacial score (nSPS) is 12.4. The fourth-order valence-electron chi connectivity index (χ4n) is 2.29. The monoisotopic (exact) mass is 259 g/mol. The highest BCUT2D eigenvalue weighted by Gasteiger charge is 2.13. The number of rotatable bonds is 5. The standard InChI is InChI=1S/C15H21N3O/c1-11-9-12(5-6-15(11)19-4)14(16-2)10-13-7-8-18(3)17-13/h5-9,14,16H,10H2,1-4H3. The molecule has 0 aliphatic heterocycles. The van der Waals surface area contributed by atoms with Gasteiger partial charge in [0, 0.05) is 25.7 Å². The summed E-state index contributed by atoms with van der Waals surface area (Å²) in [6, 6.07) is 8.62. The van der Waals surface area contributed by atoms with Gasteiger partial charge in [0.15, 0.2) is 0 Å². The maximum absolute atomic E-state index is 5.30. The molecule has 0 amide bonds. The van der Waals surface area contributed by atoms with Gasteiger partial charge < -0.3 is 10.1 Å². The first-order valence-corrected chi connectivity index (χ1v) is 6.44. The molecule has 1 aromatic carbocycles. The van der Waals surface area contributed by atoms with Gasteiger partial charge in [-0.15, -0.1) is 0 Å². The minimum atomic E-state index is 0.263. The molecule has 102 valence electrons. The molecule has 0 spiro atoms. The van der Waals surface area contributed by atoms with Crippen LogP contribution in [-0.2, 0) is 13.5 Å². The van der Waals surface area contributed by atoms with Crippen LogP contribution in [0.2, 0.25) is 0 Å². The van der Waals surface area contributed by atoms with Crippen molar-refractivity contribution >= 4 is 0 Å². The quantitative estimate of drug-likeness (QED) is 0.895. The van der Waals surface area contributed by atoms with Gasteiger partial charge >= 0.3 is 0 Å². The van der Waals surface area contributed by atoms with Crippen LogP contribution in [0.5, 0.6) is 5.75 Å². The van der Waals surface area contributed by atoms with Gasteiger partial charge in [-0.2, -0.15) is 5.10 Å². The Labute approximate surface area is 114 Å². The third kappa shape index (κ3) is 3.15. The number of methoxy groups -OCH3 is 1. The average Bonchev–Trinajstić information content (AvgIpc) is 2.81. The summed E-state index contributed by atoms with van der Waals surface area (Å²) in [6.45, 7) is 2.07. The van der Waals surface area contributed by atoms with Crippen molar-refractivity contribution in [1.82, 2.24) is 15.1 Å². The number of nitrogens with zero attached hydrogens (tertiary/aromatic N) is 2. The van der Waals surface area contributed by atoms with Crippen LogP contribution in [-0.4, -0.2) is 23.9 Å². The van der Waals surface area contributed by atoms with Crippen LogP contribution in [0, 0.1) is 6.92 Å². The number of aromatic nitrogens is 2. The molecule has 0 fully saturated rings. The Kier molecular flexibility index (Phi) is 4.22. The molecule has 1 aromatic heterocycles. The van der Waals surface area contributed by atoms with Crippen molar-refractivity contribution in [1.29, 1.82) is 0 Å². The summed E-state index contributed by atoms with van der Waals surface area (Å²) >= 11 is 0. The van der Waals surface area contributed by atoms with Gasteiger partial charge in [0.2, 0.25) is 0 Å². The molecule has 2 aromatic rings. The molecule has 1 atom stereocenters. The second kappa shape index (κ2) is 5.89. The summed E-state index contributed by atoms with van der Waals surface area (Å²) in [6.07, 6.45) is 2.85. The van der Waals surface area contributed by atoms with Gasteiger partial charge in [0.25, 0.3) is 0 Å². The van der Waals surface area contributed by atoms with Gasteiger partial charge in [0.05, 0.1) is 12.8 Å². The number of nitrogens with one attached hydrogen (secondary N) is 1. The molecule has 4 nitrogen and oxygen atoms in total. The van der Waals surface area contributed by atoms with E-state index >= 15 is 0 Å². The van der Waals surface area contributed by atoms with Crippen LogP contribution in [0.3, 0.4) is 0 Å². The summed E-state index contributed by atoms with van der Waals surface area (Å²) in [5.74, 6) is 0.927. The molecular formula is C15H21N3O. The Morgan fingerprint density at radius 2 is 2.16 bits per heavy atom. The molecule has 1 heterocycles. The average molecular weight is 259 g/mol. The molecule has 0 radical (unpaired) electrons. The lowest BCUT2D eigenvalue weighted by molar-refractivity contribution is 0.411. The largest absolute Gasteiger partial charge is 0.496 e. The van der Waals surface area contributed by atoms with E-state index < -0.39 is 0 Å². The number of ether oxygens (including phenoxy) is 1. The van der Waals surface area contributed by atoms with Gasteiger partial charge in [0.1, 0.15) is 5.75 Å². The van der Waals surface area contributed by atoms with Crippen molar-refractivity contribution in [3.63, 3.8) is 0 Å². The second-order valence-corrected chi connectivity index (χ2v) is 4.76. The Bertz CT molecular complexity index is 548. The van der Waals surface area contributed by atoms with Crippen molar-refractivity contribution in [3.8, 4) is 5.75 Å². The molecule has 19 heavy (non-hydrogen) atoms. The van der Waals surface area contributed by atoms with E-state index in [0.29, 0.717) is 0 Å². The summed E-state index contributed by atoms with van der Waals surface area (Å²) < 4.78 is 7.13. The number of benzene rings is 1. The lowest BCUT2D eigenvalue weighted by Crippen LogP contribution is -2.19. The Hall–Kier alpha value is -1.81. The maximum atomic E-state index is 5.30. The first kappa shape index (κ1) is 13.6. The van der Waals surface area contributed by atoms with Crippen LogP contribution < -0.4 is 10.1 Å². The maximum Gasteiger partial charge on any atom is 0.121 e. The molecule has 0 saturated carbocycles. The Morgan fingerprint density at radius 1 is 1.37 bits per heavy atom. The third-order valence-electron chi connectivity index (χ3n) is 3.35. The molecule has 2 rings (SSSR count). The Balaban J connectivity index is 2.19. The first-order chi connectivity index (χ1) is 9.13. The second-order valence-electron chi connectivity index (χ2n) is 4.76. The topological polar surface area (TPSA) is 39.1 Å². The van der Waals surface area contributed by atoms with E-state index in [4.69, 9.17) is 4.74 Å². The SMILES string of the molecule is CNC(Cc1ccn(C)n1)c1ccc(OC)c(C)c1. The molecule has 0 saturated heterocycles. The predicted molar refractivity (Wildman–Crippen MR) is 76.4 cm³/mol. The summed E-state index contributed by atoms with van der Waals surface area (Å²) in [5, 5.41) is 7.78. The highest BCUT2D eigenvalue weighted by molar-refractivity contribution is 5.37. The van der Waals surface area contributed by atoms with E-state index in [2.05, 4.69) is 35.5 Å². The summed E-state index contributed by atoms with van der Waals surface area (Å²) in [4.78, 5) is 0. The van der Waals surface area contributed by atoms with E-state index in [9.17, 15) is 0 Å². The molecule has 4 heteroatoms. The fourth-order valence-corrected chi connectivity index (χ4v) is 2.29. The van der Waals surface area contributed by atoms with Crippen LogP contribution in [0.25, 0.3) is 0 Å². The van der Waals surface area contributed by atoms with Crippen LogP contribution in [0.1, 0.15) is 22.9 Å². The van der Waals surface area contributed by atoms with Crippen LogP contribution >= 0.6 is 0 Å². The van der Waals surface area contributed by atoms with Gasteiger partial charge in [-0.1, -0.05) is 12.1 Å². The van der Waals surface area contributed by atoms with E-state index in [-0.39, 0.29) is 6.04 Å². The highest BCUT2D eigenvalue weighted by atomic mass is 16.5. The van der Waals surface area contributed by atoms with Crippen molar-refractivity contribution in [3.05, 3.63) is 47.3 Å².